The van der Waals surface area contributed by atoms with Crippen LogP contribution in [0, 0.1) is 47.2 Å². The van der Waals surface area contributed by atoms with Crippen LogP contribution in [0.2, 0.25) is 10.0 Å². The number of carbonyl (C=O) groups is 1. The molecule has 0 unspecified atom stereocenters. The molecule has 3 saturated heterocycles. The molecule has 2 saturated carbocycles. The summed E-state index contributed by atoms with van der Waals surface area (Å²) in [7, 11) is 0. The van der Waals surface area contributed by atoms with Gasteiger partial charge in [0.05, 0.1) is 58.1 Å². The number of halogens is 3. The standard InChI is InChI=1S/C42H37Cl2FN6O2/c1-22-30-17-35(34-16-28(20-50(34)42(52)25-10-11-25)53-21-24-6-2-5-23(13-24)18-47)51(40-27-15-33(40)48-19-27)41(30)31-14-26(7-4-12-46)36(38(45)39(31)49-22)29-8-3-9-32(43)37(29)44/h2-3,5-6,8-9,13-14,17,25,27-28,33-34,40,48H,4,7,10-11,15-16,19-21H2,1H3/t27-,28+,33-,34-,40+/m1/s1. The molecule has 8 nitrogen and oxygen atoms in total. The van der Waals surface area contributed by atoms with E-state index in [4.69, 9.17) is 32.9 Å². The van der Waals surface area contributed by atoms with Crippen LogP contribution in [0.1, 0.15) is 72.3 Å². The summed E-state index contributed by atoms with van der Waals surface area (Å²) in [5.74, 6) is 0.0973. The minimum absolute atomic E-state index is 0.0284. The molecule has 11 heteroatoms. The summed E-state index contributed by atoms with van der Waals surface area (Å²) in [5.41, 5.74) is 5.81. The molecule has 0 spiro atoms. The van der Waals surface area contributed by atoms with Gasteiger partial charge in [0.25, 0.3) is 0 Å². The highest BCUT2D eigenvalue weighted by Crippen LogP contribution is 2.51. The number of nitrogens with one attached hydrogen (secondary N) is 1. The zero-order valence-electron chi connectivity index (χ0n) is 29.2. The van der Waals surface area contributed by atoms with Crippen LogP contribution in [0.25, 0.3) is 32.9 Å². The summed E-state index contributed by atoms with van der Waals surface area (Å²) < 4.78 is 26.1. The molecule has 5 atom stereocenters. The molecule has 268 valence electrons. The van der Waals surface area contributed by atoms with Crippen molar-refractivity contribution in [2.75, 3.05) is 13.1 Å². The lowest BCUT2D eigenvalue weighted by atomic mass is 9.79. The fourth-order valence-electron chi connectivity index (χ4n) is 9.05. The topological polar surface area (TPSA) is 107 Å². The fraction of sp³-hybridized carbons (Fsp3) is 0.381. The smallest absolute Gasteiger partial charge is 0.226 e. The van der Waals surface area contributed by atoms with Crippen molar-refractivity contribution in [2.24, 2.45) is 11.8 Å². The van der Waals surface area contributed by atoms with E-state index in [0.29, 0.717) is 70.3 Å². The van der Waals surface area contributed by atoms with Crippen molar-refractivity contribution in [1.29, 1.82) is 10.5 Å². The van der Waals surface area contributed by atoms with Gasteiger partial charge in [0.1, 0.15) is 5.52 Å². The number of likely N-dealkylation sites (tertiary alicyclic amines) is 1. The van der Waals surface area contributed by atoms with Gasteiger partial charge in [-0.25, -0.2) is 9.37 Å². The van der Waals surface area contributed by atoms with Gasteiger partial charge in [-0.15, -0.1) is 0 Å². The monoisotopic (exact) mass is 746 g/mol. The third-order valence-electron chi connectivity index (χ3n) is 11.8. The third-order valence-corrected chi connectivity index (χ3v) is 12.6. The summed E-state index contributed by atoms with van der Waals surface area (Å²) in [4.78, 5) is 20.9. The fourth-order valence-corrected chi connectivity index (χ4v) is 9.45. The minimum Gasteiger partial charge on any atom is -0.372 e. The second-order valence-electron chi connectivity index (χ2n) is 15.0. The molecular weight excluding hydrogens is 710 g/mol. The molecule has 3 aromatic carbocycles. The SMILES string of the molecule is Cc1nc2c(F)c(-c3cccc(Cl)c3Cl)c(CCC#N)cc2c2c1cc([C@H]1C[C@H](OCc3cccc(C#N)c3)CN1C(=O)C1CC1)n2[C@H]1[C@H]2CN[C@@H]1C2. The van der Waals surface area contributed by atoms with E-state index in [1.165, 1.54) is 0 Å². The van der Waals surface area contributed by atoms with Crippen molar-refractivity contribution in [3.8, 4) is 23.3 Å². The van der Waals surface area contributed by atoms with Crippen LogP contribution in [-0.2, 0) is 22.6 Å². The summed E-state index contributed by atoms with van der Waals surface area (Å²) in [6.45, 7) is 3.64. The average Bonchev–Trinajstić information content (AvgIpc) is 3.46. The van der Waals surface area contributed by atoms with E-state index in [1.807, 2.05) is 36.1 Å². The first-order valence-electron chi connectivity index (χ1n) is 18.4. The van der Waals surface area contributed by atoms with Crippen molar-refractivity contribution in [3.63, 3.8) is 0 Å². The van der Waals surface area contributed by atoms with Crippen molar-refractivity contribution in [2.45, 2.75) is 76.3 Å². The van der Waals surface area contributed by atoms with E-state index in [1.54, 1.807) is 24.3 Å². The first-order chi connectivity index (χ1) is 25.7. The first kappa shape index (κ1) is 34.3. The highest BCUT2D eigenvalue weighted by Gasteiger charge is 2.51. The van der Waals surface area contributed by atoms with Crippen LogP contribution >= 0.6 is 23.2 Å². The quantitative estimate of drug-likeness (QED) is 0.162. The lowest BCUT2D eigenvalue weighted by molar-refractivity contribution is -0.134. The lowest BCUT2D eigenvalue weighted by Crippen LogP contribution is -2.41. The molecular formula is C42H37Cl2FN6O2. The predicted octanol–water partition coefficient (Wildman–Crippen LogP) is 8.74. The maximum absolute atomic E-state index is 17.2. The average molecular weight is 748 g/mol. The van der Waals surface area contributed by atoms with Crippen LogP contribution in [0.4, 0.5) is 4.39 Å². The van der Waals surface area contributed by atoms with E-state index in [0.717, 1.165) is 48.0 Å². The number of fused-ring (bicyclic) bond motifs is 4. The Hall–Kier alpha value is -4.51. The van der Waals surface area contributed by atoms with Crippen LogP contribution in [0.5, 0.6) is 0 Å². The summed E-state index contributed by atoms with van der Waals surface area (Å²) in [6, 6.07) is 21.4. The zero-order chi connectivity index (χ0) is 36.5. The molecule has 1 N–H and O–H groups in total. The second kappa shape index (κ2) is 13.4. The van der Waals surface area contributed by atoms with Gasteiger partial charge in [-0.3, -0.25) is 4.79 Å². The zero-order valence-corrected chi connectivity index (χ0v) is 30.7. The number of nitriles is 2. The number of aromatic nitrogens is 2. The molecule has 1 amide bonds. The van der Waals surface area contributed by atoms with Gasteiger partial charge < -0.3 is 19.5 Å². The van der Waals surface area contributed by atoms with E-state index < -0.39 is 5.82 Å². The molecule has 2 aliphatic carbocycles. The predicted molar refractivity (Wildman–Crippen MR) is 202 cm³/mol. The van der Waals surface area contributed by atoms with E-state index in [9.17, 15) is 15.3 Å². The highest BCUT2D eigenvalue weighted by atomic mass is 35.5. The van der Waals surface area contributed by atoms with Gasteiger partial charge in [-0.1, -0.05) is 47.5 Å². The molecule has 5 heterocycles. The molecule has 53 heavy (non-hydrogen) atoms. The molecule has 2 aromatic heterocycles. The highest BCUT2D eigenvalue weighted by molar-refractivity contribution is 6.43. The molecule has 5 fully saturated rings. The number of rotatable bonds is 9. The van der Waals surface area contributed by atoms with Crippen LogP contribution in [0.3, 0.4) is 0 Å². The summed E-state index contributed by atoms with van der Waals surface area (Å²) in [6.07, 6.45) is 3.79. The Morgan fingerprint density at radius 2 is 1.92 bits per heavy atom. The van der Waals surface area contributed by atoms with Crippen molar-refractivity contribution in [3.05, 3.63) is 98.5 Å². The number of pyridine rings is 1. The van der Waals surface area contributed by atoms with E-state index in [-0.39, 0.29) is 53.0 Å². The van der Waals surface area contributed by atoms with Crippen LogP contribution < -0.4 is 5.32 Å². The first-order valence-corrected chi connectivity index (χ1v) is 19.1. The van der Waals surface area contributed by atoms with Crippen molar-refractivity contribution < 1.29 is 13.9 Å². The Kier molecular flexibility index (Phi) is 8.67. The Morgan fingerprint density at radius 3 is 2.66 bits per heavy atom. The number of benzene rings is 3. The number of hydrogen-bond donors (Lipinski definition) is 1. The summed E-state index contributed by atoms with van der Waals surface area (Å²) in [5, 5.41) is 24.9. The Balaban J connectivity index is 1.21. The second-order valence-corrected chi connectivity index (χ2v) is 15.8. The largest absolute Gasteiger partial charge is 0.372 e. The lowest BCUT2D eigenvalue weighted by Gasteiger charge is -2.39. The summed E-state index contributed by atoms with van der Waals surface area (Å²) >= 11 is 13.1. The van der Waals surface area contributed by atoms with Crippen molar-refractivity contribution >= 4 is 50.9 Å². The van der Waals surface area contributed by atoms with Gasteiger partial charge in [-0.2, -0.15) is 10.5 Å². The number of nitrogens with zero attached hydrogens (tertiary/aromatic N) is 5. The Morgan fingerprint density at radius 1 is 1.09 bits per heavy atom. The minimum atomic E-state index is -0.492. The van der Waals surface area contributed by atoms with Crippen LogP contribution in [-0.4, -0.2) is 45.6 Å². The maximum atomic E-state index is 17.2. The van der Waals surface area contributed by atoms with Gasteiger partial charge in [0.2, 0.25) is 5.91 Å². The number of hydrogen-bond acceptors (Lipinski definition) is 6. The number of carbonyl (C=O) groups excluding carboxylic acids is 1. The molecule has 5 aliphatic rings. The number of aryl methyl sites for hydroxylation is 2. The van der Waals surface area contributed by atoms with E-state index >= 15 is 4.39 Å². The van der Waals surface area contributed by atoms with Gasteiger partial charge in [0.15, 0.2) is 5.82 Å². The molecule has 2 bridgehead atoms. The van der Waals surface area contributed by atoms with Crippen molar-refractivity contribution in [1.82, 2.24) is 19.8 Å². The maximum Gasteiger partial charge on any atom is 0.226 e. The molecule has 10 rings (SSSR count). The van der Waals surface area contributed by atoms with Gasteiger partial charge in [-0.05, 0) is 80.0 Å². The molecule has 3 aliphatic heterocycles. The van der Waals surface area contributed by atoms with E-state index in [2.05, 4.69) is 28.1 Å². The third kappa shape index (κ3) is 5.77. The number of ether oxygens (including phenoxy) is 1. The van der Waals surface area contributed by atoms with Gasteiger partial charge >= 0.3 is 0 Å². The Labute approximate surface area is 317 Å². The number of amides is 1. The molecule has 0 radical (unpaired) electrons. The van der Waals surface area contributed by atoms with Gasteiger partial charge in [0, 0.05) is 71.2 Å². The van der Waals surface area contributed by atoms with Crippen LogP contribution in [0.15, 0.2) is 54.6 Å². The molecule has 5 aromatic rings. The Bertz CT molecular complexity index is 2400. The normalized spacial score (nSPS) is 23.4.